The highest BCUT2D eigenvalue weighted by Gasteiger charge is 2.25. The maximum Gasteiger partial charge on any atom is 0.335 e. The van der Waals surface area contributed by atoms with Crippen LogP contribution in [0.5, 0.6) is 11.5 Å². The second-order valence-electron chi connectivity index (χ2n) is 10.4. The Morgan fingerprint density at radius 1 is 1.00 bits per heavy atom. The van der Waals surface area contributed by atoms with Crippen LogP contribution >= 0.6 is 23.2 Å². The van der Waals surface area contributed by atoms with Crippen molar-refractivity contribution in [2.45, 2.75) is 45.4 Å². The van der Waals surface area contributed by atoms with Crippen LogP contribution in [0.3, 0.4) is 0 Å². The standard InChI is InChI=1S/C31H36Cl2N4O5/c1-4-40-22-12-14-24(32)23(18-22)29-28(21-11-13-25(33)27(17-21)41-16-8-15-37(2)3)35-26(19-34-29)30(38)36-42-31(39)20-9-6-5-7-10-20/h11-14,17-20H,4-10,15-16H2,1-3H3,(H,36,38). The van der Waals surface area contributed by atoms with Gasteiger partial charge < -0.3 is 19.2 Å². The minimum Gasteiger partial charge on any atom is -0.494 e. The van der Waals surface area contributed by atoms with E-state index in [9.17, 15) is 9.59 Å². The van der Waals surface area contributed by atoms with Crippen molar-refractivity contribution >= 4 is 35.1 Å². The number of carbonyl (C=O) groups excluding carboxylic acids is 2. The van der Waals surface area contributed by atoms with Crippen molar-refractivity contribution in [2.75, 3.05) is 33.9 Å². The maximum absolute atomic E-state index is 13.0. The molecule has 1 heterocycles. The number of nitrogens with one attached hydrogen (secondary N) is 1. The van der Waals surface area contributed by atoms with Gasteiger partial charge in [0.2, 0.25) is 0 Å². The van der Waals surface area contributed by atoms with E-state index in [1.54, 1.807) is 36.4 Å². The molecule has 224 valence electrons. The molecule has 11 heteroatoms. The van der Waals surface area contributed by atoms with Gasteiger partial charge in [-0.2, -0.15) is 5.48 Å². The lowest BCUT2D eigenvalue weighted by Crippen LogP contribution is -2.32. The van der Waals surface area contributed by atoms with Crippen LogP contribution in [0.4, 0.5) is 0 Å². The van der Waals surface area contributed by atoms with E-state index in [1.807, 2.05) is 21.0 Å². The second-order valence-corrected chi connectivity index (χ2v) is 11.2. The maximum atomic E-state index is 13.0. The third-order valence-electron chi connectivity index (χ3n) is 6.90. The molecule has 1 saturated carbocycles. The van der Waals surface area contributed by atoms with Gasteiger partial charge in [-0.3, -0.25) is 9.78 Å². The molecule has 0 radical (unpaired) electrons. The number of ether oxygens (including phenoxy) is 2. The van der Waals surface area contributed by atoms with Gasteiger partial charge >= 0.3 is 11.9 Å². The number of rotatable bonds is 11. The number of nitrogens with zero attached hydrogens (tertiary/aromatic N) is 3. The van der Waals surface area contributed by atoms with Gasteiger partial charge in [0.1, 0.15) is 17.2 Å². The van der Waals surface area contributed by atoms with Crippen LogP contribution in [0.1, 0.15) is 55.9 Å². The molecule has 1 aromatic heterocycles. The quantitative estimate of drug-likeness (QED) is 0.190. The van der Waals surface area contributed by atoms with E-state index in [0.29, 0.717) is 57.3 Å². The highest BCUT2D eigenvalue weighted by Crippen LogP contribution is 2.38. The Hall–Kier alpha value is -3.40. The lowest BCUT2D eigenvalue weighted by molar-refractivity contribution is -0.155. The normalized spacial score (nSPS) is 13.6. The molecule has 0 unspecified atom stereocenters. The van der Waals surface area contributed by atoms with Gasteiger partial charge in [-0.1, -0.05) is 48.5 Å². The molecule has 0 spiro atoms. The van der Waals surface area contributed by atoms with Crippen molar-refractivity contribution in [1.29, 1.82) is 0 Å². The summed E-state index contributed by atoms with van der Waals surface area (Å²) in [5.41, 5.74) is 4.19. The number of aromatic nitrogens is 2. The molecule has 1 aliphatic rings. The number of carbonyl (C=O) groups is 2. The van der Waals surface area contributed by atoms with E-state index in [0.717, 1.165) is 45.1 Å². The summed E-state index contributed by atoms with van der Waals surface area (Å²) in [6.45, 7) is 3.70. The van der Waals surface area contributed by atoms with Crippen LogP contribution in [-0.4, -0.2) is 60.6 Å². The third-order valence-corrected chi connectivity index (χ3v) is 7.55. The first-order chi connectivity index (χ1) is 20.3. The zero-order chi connectivity index (χ0) is 30.1. The van der Waals surface area contributed by atoms with Crippen molar-refractivity contribution in [3.05, 3.63) is 58.3 Å². The Morgan fingerprint density at radius 3 is 2.50 bits per heavy atom. The smallest absolute Gasteiger partial charge is 0.335 e. The molecule has 2 aromatic carbocycles. The molecule has 1 fully saturated rings. The molecule has 0 saturated heterocycles. The molecule has 1 N–H and O–H groups in total. The Kier molecular flexibility index (Phi) is 11.4. The molecule has 9 nitrogen and oxygen atoms in total. The molecule has 3 aromatic rings. The minimum absolute atomic E-state index is 0.0364. The summed E-state index contributed by atoms with van der Waals surface area (Å²) in [6.07, 6.45) is 6.69. The van der Waals surface area contributed by atoms with E-state index in [2.05, 4.69) is 20.3 Å². The van der Waals surface area contributed by atoms with Crippen molar-refractivity contribution in [3.63, 3.8) is 0 Å². The van der Waals surface area contributed by atoms with Crippen molar-refractivity contribution in [2.24, 2.45) is 5.92 Å². The second kappa shape index (κ2) is 15.2. The minimum atomic E-state index is -0.692. The number of hydrogen-bond acceptors (Lipinski definition) is 8. The Bertz CT molecular complexity index is 1400. The lowest BCUT2D eigenvalue weighted by atomic mass is 9.89. The molecule has 4 rings (SSSR count). The molecular formula is C31H36Cl2N4O5. The van der Waals surface area contributed by atoms with E-state index < -0.39 is 11.9 Å². The summed E-state index contributed by atoms with van der Waals surface area (Å²) in [7, 11) is 4.00. The fourth-order valence-electron chi connectivity index (χ4n) is 4.73. The Balaban J connectivity index is 1.67. The van der Waals surface area contributed by atoms with Gasteiger partial charge in [0.15, 0.2) is 0 Å². The number of halogens is 2. The first kappa shape index (κ1) is 31.5. The molecule has 1 amide bonds. The monoisotopic (exact) mass is 614 g/mol. The fraction of sp³-hybridized carbons (Fsp3) is 0.419. The summed E-state index contributed by atoms with van der Waals surface area (Å²) >= 11 is 13.1. The predicted molar refractivity (Wildman–Crippen MR) is 163 cm³/mol. The van der Waals surface area contributed by atoms with Gasteiger partial charge in [-0.25, -0.2) is 9.78 Å². The van der Waals surface area contributed by atoms with E-state index in [-0.39, 0.29) is 11.6 Å². The first-order valence-electron chi connectivity index (χ1n) is 14.1. The number of hydroxylamine groups is 1. The predicted octanol–water partition coefficient (Wildman–Crippen LogP) is 6.61. The molecular weight excluding hydrogens is 579 g/mol. The first-order valence-corrected chi connectivity index (χ1v) is 14.9. The zero-order valence-corrected chi connectivity index (χ0v) is 25.6. The van der Waals surface area contributed by atoms with E-state index in [4.69, 9.17) is 37.5 Å². The molecule has 0 bridgehead atoms. The lowest BCUT2D eigenvalue weighted by Gasteiger charge is -2.19. The number of hydrogen-bond donors (Lipinski definition) is 1. The van der Waals surface area contributed by atoms with Crippen LogP contribution in [0.25, 0.3) is 22.5 Å². The van der Waals surface area contributed by atoms with Gasteiger partial charge in [0.05, 0.1) is 46.8 Å². The van der Waals surface area contributed by atoms with Crippen molar-refractivity contribution in [3.8, 4) is 34.0 Å². The van der Waals surface area contributed by atoms with Gasteiger partial charge in [-0.05, 0) is 70.6 Å². The fourth-order valence-corrected chi connectivity index (χ4v) is 5.11. The summed E-state index contributed by atoms with van der Waals surface area (Å²) in [5, 5.41) is 0.875. The van der Waals surface area contributed by atoms with Crippen LogP contribution in [0.2, 0.25) is 10.0 Å². The SMILES string of the molecule is CCOc1ccc(Cl)c(-c2ncc(C(=O)NOC(=O)C3CCCCC3)nc2-c2ccc(Cl)c(OCCCN(C)C)c2)c1. The third kappa shape index (κ3) is 8.33. The van der Waals surface area contributed by atoms with Crippen molar-refractivity contribution < 1.29 is 23.9 Å². The van der Waals surface area contributed by atoms with Gasteiger partial charge in [-0.15, -0.1) is 0 Å². The Morgan fingerprint density at radius 2 is 1.76 bits per heavy atom. The van der Waals surface area contributed by atoms with Gasteiger partial charge in [0, 0.05) is 17.7 Å². The molecule has 42 heavy (non-hydrogen) atoms. The number of benzene rings is 2. The molecule has 0 aliphatic heterocycles. The average molecular weight is 616 g/mol. The van der Waals surface area contributed by atoms with Crippen LogP contribution < -0.4 is 15.0 Å². The molecule has 0 atom stereocenters. The average Bonchev–Trinajstić information content (AvgIpc) is 3.00. The largest absolute Gasteiger partial charge is 0.494 e. The summed E-state index contributed by atoms with van der Waals surface area (Å²) < 4.78 is 11.7. The van der Waals surface area contributed by atoms with E-state index >= 15 is 0 Å². The van der Waals surface area contributed by atoms with Crippen LogP contribution in [0.15, 0.2) is 42.6 Å². The summed E-state index contributed by atoms with van der Waals surface area (Å²) in [6, 6.07) is 10.5. The summed E-state index contributed by atoms with van der Waals surface area (Å²) in [4.78, 5) is 42.0. The van der Waals surface area contributed by atoms with Crippen LogP contribution in [0, 0.1) is 5.92 Å². The summed E-state index contributed by atoms with van der Waals surface area (Å²) in [5.74, 6) is -0.259. The van der Waals surface area contributed by atoms with Gasteiger partial charge in [0.25, 0.3) is 0 Å². The van der Waals surface area contributed by atoms with Crippen LogP contribution in [-0.2, 0) is 9.63 Å². The zero-order valence-electron chi connectivity index (χ0n) is 24.1. The highest BCUT2D eigenvalue weighted by atomic mass is 35.5. The van der Waals surface area contributed by atoms with E-state index in [1.165, 1.54) is 6.20 Å². The van der Waals surface area contributed by atoms with Crippen molar-refractivity contribution in [1.82, 2.24) is 20.3 Å². The highest BCUT2D eigenvalue weighted by molar-refractivity contribution is 6.33. The number of amides is 1. The molecule has 1 aliphatic carbocycles. The topological polar surface area (TPSA) is 103 Å². The Labute approximate surface area is 256 Å².